The number of ether oxygens (including phenoxy) is 3. The summed E-state index contributed by atoms with van der Waals surface area (Å²) in [7, 11) is -5.34. The van der Waals surface area contributed by atoms with Crippen LogP contribution in [-0.4, -0.2) is 74.8 Å². The lowest BCUT2D eigenvalue weighted by Crippen LogP contribution is -2.57. The van der Waals surface area contributed by atoms with Crippen LogP contribution >= 0.6 is 7.60 Å². The number of halogens is 2. The highest BCUT2D eigenvalue weighted by atomic mass is 31.2. The SMILES string of the molecule is CCOP(=O)(OCC)C(F)(F)C(O)[C@H]1C[C@]1(C(=O)OCc1ccc([N+](=O)[O-])cc1)N(C(=O)OC(C)(C)C)C(=O)OC(C)(C)C. The Labute approximate surface area is 253 Å². The van der Waals surface area contributed by atoms with Gasteiger partial charge in [-0.2, -0.15) is 13.7 Å². The molecule has 14 nitrogen and oxygen atoms in total. The van der Waals surface area contributed by atoms with E-state index in [1.54, 1.807) is 0 Å². The number of imide groups is 1. The van der Waals surface area contributed by atoms with Gasteiger partial charge in [0.2, 0.25) is 0 Å². The number of aliphatic hydroxyl groups excluding tert-OH is 1. The van der Waals surface area contributed by atoms with Gasteiger partial charge in [0.05, 0.1) is 18.1 Å². The number of carbonyl (C=O) groups excluding carboxylic acids is 3. The molecule has 0 saturated heterocycles. The topological polar surface area (TPSA) is 181 Å². The lowest BCUT2D eigenvalue weighted by Gasteiger charge is -2.35. The minimum absolute atomic E-state index is 0.178. The van der Waals surface area contributed by atoms with E-state index in [2.05, 4.69) is 0 Å². The van der Waals surface area contributed by atoms with Crippen LogP contribution < -0.4 is 0 Å². The Morgan fingerprint density at radius 3 is 1.86 bits per heavy atom. The van der Waals surface area contributed by atoms with E-state index >= 15 is 8.78 Å². The molecule has 2 amide bonds. The molecule has 3 atom stereocenters. The summed E-state index contributed by atoms with van der Waals surface area (Å²) < 4.78 is 69.9. The largest absolute Gasteiger partial charge is 0.459 e. The van der Waals surface area contributed by atoms with Crippen LogP contribution in [0.3, 0.4) is 0 Å². The summed E-state index contributed by atoms with van der Waals surface area (Å²) in [6, 6.07) is 4.81. The van der Waals surface area contributed by atoms with E-state index in [4.69, 9.17) is 23.3 Å². The molecule has 1 fully saturated rings. The number of hydrogen-bond acceptors (Lipinski definition) is 12. The summed E-state index contributed by atoms with van der Waals surface area (Å²) >= 11 is 0. The maximum absolute atomic E-state index is 15.7. The molecule has 1 unspecified atom stereocenters. The summed E-state index contributed by atoms with van der Waals surface area (Å²) in [5.74, 6) is -3.36. The highest BCUT2D eigenvalue weighted by molar-refractivity contribution is 7.55. The summed E-state index contributed by atoms with van der Waals surface area (Å²) in [5.41, 5.74) is -9.73. The second-order valence-electron chi connectivity index (χ2n) is 11.9. The number of nitro groups is 1. The number of rotatable bonds is 12. The Balaban J connectivity index is 2.63. The van der Waals surface area contributed by atoms with Crippen molar-refractivity contribution in [3.8, 4) is 0 Å². The predicted molar refractivity (Wildman–Crippen MR) is 150 cm³/mol. The Morgan fingerprint density at radius 2 is 1.48 bits per heavy atom. The quantitative estimate of drug-likeness (QED) is 0.0945. The van der Waals surface area contributed by atoms with Crippen molar-refractivity contribution in [1.82, 2.24) is 4.90 Å². The Kier molecular flexibility index (Phi) is 11.3. The van der Waals surface area contributed by atoms with Crippen LogP contribution in [0.25, 0.3) is 0 Å². The first-order valence-electron chi connectivity index (χ1n) is 13.7. The predicted octanol–water partition coefficient (Wildman–Crippen LogP) is 5.79. The lowest BCUT2D eigenvalue weighted by molar-refractivity contribution is -0.384. The fourth-order valence-corrected chi connectivity index (χ4v) is 5.79. The first-order chi connectivity index (χ1) is 20.1. The molecule has 0 heterocycles. The minimum atomic E-state index is -5.34. The molecule has 1 aromatic rings. The number of non-ortho nitro benzene ring substituents is 1. The number of benzene rings is 1. The number of nitro benzene ring substituents is 1. The Hall–Kier alpha value is -3.20. The molecule has 0 aromatic heterocycles. The first kappa shape index (κ1) is 37.0. The Morgan fingerprint density at radius 1 is 1.02 bits per heavy atom. The van der Waals surface area contributed by atoms with E-state index in [1.165, 1.54) is 67.5 Å². The molecule has 17 heteroatoms. The maximum Gasteiger partial charge on any atom is 0.420 e. The fraction of sp³-hybridized carbons (Fsp3) is 0.667. The molecule has 1 aromatic carbocycles. The zero-order valence-electron chi connectivity index (χ0n) is 25.8. The zero-order chi connectivity index (χ0) is 33.9. The van der Waals surface area contributed by atoms with Crippen molar-refractivity contribution in [3.63, 3.8) is 0 Å². The fourth-order valence-electron chi connectivity index (χ4n) is 4.19. The van der Waals surface area contributed by atoms with Gasteiger partial charge in [0.1, 0.15) is 23.9 Å². The highest BCUT2D eigenvalue weighted by Gasteiger charge is 2.77. The van der Waals surface area contributed by atoms with Gasteiger partial charge < -0.3 is 28.4 Å². The molecule has 1 saturated carbocycles. The number of nitrogens with zero attached hydrogens (tertiary/aromatic N) is 2. The highest BCUT2D eigenvalue weighted by Crippen LogP contribution is 2.67. The molecule has 0 bridgehead atoms. The normalized spacial score (nSPS) is 19.5. The average Bonchev–Trinajstić information content (AvgIpc) is 3.61. The summed E-state index contributed by atoms with van der Waals surface area (Å²) in [4.78, 5) is 51.1. The van der Waals surface area contributed by atoms with Crippen LogP contribution in [0.1, 0.15) is 67.4 Å². The zero-order valence-corrected chi connectivity index (χ0v) is 26.7. The number of hydrogen-bond donors (Lipinski definition) is 1. The first-order valence-corrected chi connectivity index (χ1v) is 15.2. The standard InChI is InChI=1S/C27H39F2N2O12P/c1-9-40-44(38,41-10-2)27(28,29)20(32)19-15-26(19,21(33)39-16-17-11-13-18(14-12-17)31(36)37)30(22(34)42-24(3,4)5)23(35)43-25(6,7)8/h11-14,19-20,32H,9-10,15-16H2,1-8H3/t19-,20?,26+/m1/s1. The number of amides is 2. The number of aliphatic hydroxyl groups is 1. The van der Waals surface area contributed by atoms with E-state index in [9.17, 15) is 34.2 Å². The van der Waals surface area contributed by atoms with E-state index in [0.717, 1.165) is 12.1 Å². The van der Waals surface area contributed by atoms with E-state index < -0.39 is 91.3 Å². The number of alkyl halides is 2. The average molecular weight is 653 g/mol. The molecule has 2 rings (SSSR count). The van der Waals surface area contributed by atoms with Gasteiger partial charge in [0, 0.05) is 18.1 Å². The molecule has 44 heavy (non-hydrogen) atoms. The molecule has 1 aliphatic carbocycles. The third kappa shape index (κ3) is 8.29. The van der Waals surface area contributed by atoms with Crippen molar-refractivity contribution in [3.05, 3.63) is 39.9 Å². The molecule has 1 aliphatic rings. The van der Waals surface area contributed by atoms with Gasteiger partial charge in [-0.25, -0.2) is 14.4 Å². The van der Waals surface area contributed by atoms with Crippen molar-refractivity contribution in [1.29, 1.82) is 0 Å². The van der Waals surface area contributed by atoms with Crippen LogP contribution in [0.2, 0.25) is 0 Å². The summed E-state index contributed by atoms with van der Waals surface area (Å²) in [6.07, 6.45) is -6.64. The number of esters is 1. The van der Waals surface area contributed by atoms with Crippen molar-refractivity contribution in [2.45, 2.75) is 96.9 Å². The molecule has 0 aliphatic heterocycles. The third-order valence-electron chi connectivity index (χ3n) is 6.11. The van der Waals surface area contributed by atoms with Gasteiger partial charge in [0.25, 0.3) is 5.69 Å². The van der Waals surface area contributed by atoms with Gasteiger partial charge in [0.15, 0.2) is 5.54 Å². The lowest BCUT2D eigenvalue weighted by atomic mass is 10.1. The van der Waals surface area contributed by atoms with Crippen LogP contribution in [0.15, 0.2) is 24.3 Å². The van der Waals surface area contributed by atoms with Gasteiger partial charge >= 0.3 is 31.4 Å². The Bertz CT molecular complexity index is 1240. The van der Waals surface area contributed by atoms with Crippen LogP contribution in [0.4, 0.5) is 24.1 Å². The molecular formula is C27H39F2N2O12P. The van der Waals surface area contributed by atoms with E-state index in [0.29, 0.717) is 0 Å². The van der Waals surface area contributed by atoms with Gasteiger partial charge in [-0.3, -0.25) is 14.7 Å². The smallest absolute Gasteiger partial charge is 0.420 e. The molecule has 1 N–H and O–H groups in total. The van der Waals surface area contributed by atoms with Gasteiger partial charge in [-0.05, 0) is 79.5 Å². The van der Waals surface area contributed by atoms with Gasteiger partial charge in [-0.15, -0.1) is 0 Å². The number of carbonyl (C=O) groups is 3. The summed E-state index contributed by atoms with van der Waals surface area (Å²) in [5, 5.41) is 21.9. The van der Waals surface area contributed by atoms with Crippen molar-refractivity contribution in [2.24, 2.45) is 5.92 Å². The second-order valence-corrected chi connectivity index (χ2v) is 14.0. The second kappa shape index (κ2) is 13.4. The van der Waals surface area contributed by atoms with Crippen molar-refractivity contribution in [2.75, 3.05) is 13.2 Å². The molecule has 0 spiro atoms. The molecular weight excluding hydrogens is 613 g/mol. The monoisotopic (exact) mass is 652 g/mol. The third-order valence-corrected chi connectivity index (χ3v) is 8.30. The molecule has 0 radical (unpaired) electrons. The van der Waals surface area contributed by atoms with Gasteiger partial charge in [-0.1, -0.05) is 0 Å². The summed E-state index contributed by atoms with van der Waals surface area (Å²) in [6.45, 7) is 9.73. The van der Waals surface area contributed by atoms with Crippen LogP contribution in [0.5, 0.6) is 0 Å². The van der Waals surface area contributed by atoms with E-state index in [1.807, 2.05) is 0 Å². The van der Waals surface area contributed by atoms with Crippen LogP contribution in [-0.2, 0) is 39.2 Å². The van der Waals surface area contributed by atoms with Crippen molar-refractivity contribution < 1.29 is 61.0 Å². The maximum atomic E-state index is 15.7. The molecule has 248 valence electrons. The van der Waals surface area contributed by atoms with Crippen LogP contribution in [0, 0.1) is 16.0 Å². The van der Waals surface area contributed by atoms with Crippen molar-refractivity contribution >= 4 is 31.4 Å². The minimum Gasteiger partial charge on any atom is -0.459 e. The van der Waals surface area contributed by atoms with E-state index in [-0.39, 0.29) is 16.2 Å².